The third-order valence-electron chi connectivity index (χ3n) is 5.96. The summed E-state index contributed by atoms with van der Waals surface area (Å²) in [5.74, 6) is -0.399. The topological polar surface area (TPSA) is 117 Å². The van der Waals surface area contributed by atoms with Crippen molar-refractivity contribution < 1.29 is 22.7 Å². The van der Waals surface area contributed by atoms with E-state index in [0.717, 1.165) is 9.87 Å². The molecule has 2 N–H and O–H groups in total. The van der Waals surface area contributed by atoms with E-state index >= 15 is 0 Å². The molecular weight excluding hydrogens is 540 g/mol. The summed E-state index contributed by atoms with van der Waals surface area (Å²) in [7, 11) is -4.02. The molecule has 0 radical (unpaired) electrons. The lowest BCUT2D eigenvalue weighted by molar-refractivity contribution is -0.119. The van der Waals surface area contributed by atoms with Crippen LogP contribution in [0.15, 0.2) is 113 Å². The van der Waals surface area contributed by atoms with Crippen LogP contribution in [0.25, 0.3) is 0 Å². The van der Waals surface area contributed by atoms with E-state index in [1.807, 2.05) is 37.3 Å². The second kappa shape index (κ2) is 13.4. The normalized spacial score (nSPS) is 11.2. The van der Waals surface area contributed by atoms with Crippen LogP contribution >= 0.6 is 0 Å². The van der Waals surface area contributed by atoms with E-state index in [-0.39, 0.29) is 17.4 Å². The molecule has 4 aromatic rings. The van der Waals surface area contributed by atoms with E-state index in [9.17, 15) is 18.0 Å². The molecule has 0 unspecified atom stereocenters. The zero-order valence-corrected chi connectivity index (χ0v) is 23.5. The predicted molar refractivity (Wildman–Crippen MR) is 160 cm³/mol. The Balaban J connectivity index is 1.37. The largest absolute Gasteiger partial charge is 0.484 e. The van der Waals surface area contributed by atoms with Gasteiger partial charge < -0.3 is 10.1 Å². The van der Waals surface area contributed by atoms with Crippen LogP contribution in [0, 0.1) is 13.8 Å². The van der Waals surface area contributed by atoms with E-state index in [2.05, 4.69) is 15.8 Å². The Labute approximate surface area is 239 Å². The highest BCUT2D eigenvalue weighted by Gasteiger charge is 2.28. The Kier molecular flexibility index (Phi) is 9.49. The molecule has 210 valence electrons. The van der Waals surface area contributed by atoms with Gasteiger partial charge in [-0.3, -0.25) is 13.9 Å². The fraction of sp³-hybridized carbons (Fsp3) is 0.129. The Bertz CT molecular complexity index is 1620. The minimum Gasteiger partial charge on any atom is -0.484 e. The number of anilines is 2. The highest BCUT2D eigenvalue weighted by molar-refractivity contribution is 7.92. The maximum absolute atomic E-state index is 13.5. The average Bonchev–Trinajstić information content (AvgIpc) is 2.98. The zero-order valence-electron chi connectivity index (χ0n) is 22.7. The molecule has 0 aliphatic rings. The standard InChI is InChI=1S/C31H30N4O5S/c1-23-13-14-24(2)29(19-23)35(41(38,39)28-11-7-4-8-12-28)21-30(36)34-32-20-25-15-17-27(18-16-25)40-22-31(37)33-26-9-5-3-6-10-26/h3-20H,21-22H2,1-2H3,(H,33,37)(H,34,36)/b32-20-. The fourth-order valence-corrected chi connectivity index (χ4v) is 5.37. The Morgan fingerprint density at radius 2 is 1.51 bits per heavy atom. The van der Waals surface area contributed by atoms with E-state index < -0.39 is 22.5 Å². The molecule has 0 aliphatic heterocycles. The van der Waals surface area contributed by atoms with Crippen molar-refractivity contribution in [3.8, 4) is 5.75 Å². The summed E-state index contributed by atoms with van der Waals surface area (Å²) in [5, 5.41) is 6.73. The quantitative estimate of drug-likeness (QED) is 0.201. The summed E-state index contributed by atoms with van der Waals surface area (Å²) in [5.41, 5.74) is 5.75. The Hall–Kier alpha value is -4.96. The SMILES string of the molecule is Cc1ccc(C)c(N(CC(=O)N/N=C\c2ccc(OCC(=O)Nc3ccccc3)cc2)S(=O)(=O)c2ccccc2)c1. The van der Waals surface area contributed by atoms with Crippen molar-refractivity contribution in [2.75, 3.05) is 22.8 Å². The number of hydrogen-bond acceptors (Lipinski definition) is 6. The van der Waals surface area contributed by atoms with Gasteiger partial charge in [0.15, 0.2) is 6.61 Å². The van der Waals surface area contributed by atoms with Crippen molar-refractivity contribution in [2.45, 2.75) is 18.7 Å². The maximum atomic E-state index is 13.5. The zero-order chi connectivity index (χ0) is 29.2. The summed E-state index contributed by atoms with van der Waals surface area (Å²) in [6, 6.07) is 29.3. The number of nitrogens with one attached hydrogen (secondary N) is 2. The van der Waals surface area contributed by atoms with Gasteiger partial charge in [0, 0.05) is 5.69 Å². The first-order valence-electron chi connectivity index (χ1n) is 12.8. The van der Waals surface area contributed by atoms with Crippen LogP contribution in [0.3, 0.4) is 0 Å². The highest BCUT2D eigenvalue weighted by Crippen LogP contribution is 2.27. The average molecular weight is 571 g/mol. The molecule has 0 atom stereocenters. The van der Waals surface area contributed by atoms with Crippen molar-refractivity contribution >= 4 is 39.4 Å². The molecule has 0 aliphatic carbocycles. The second-order valence-electron chi connectivity index (χ2n) is 9.18. The molecular formula is C31H30N4O5S. The van der Waals surface area contributed by atoms with Crippen LogP contribution in [0.1, 0.15) is 16.7 Å². The minimum absolute atomic E-state index is 0.0806. The van der Waals surface area contributed by atoms with E-state index in [1.165, 1.54) is 18.3 Å². The molecule has 41 heavy (non-hydrogen) atoms. The van der Waals surface area contributed by atoms with Gasteiger partial charge in [0.2, 0.25) is 0 Å². The Morgan fingerprint density at radius 1 is 0.854 bits per heavy atom. The van der Waals surface area contributed by atoms with Crippen LogP contribution in [-0.2, 0) is 19.6 Å². The van der Waals surface area contributed by atoms with E-state index in [0.29, 0.717) is 28.3 Å². The molecule has 0 fully saturated rings. The van der Waals surface area contributed by atoms with Gasteiger partial charge in [0.25, 0.3) is 21.8 Å². The fourth-order valence-electron chi connectivity index (χ4n) is 3.87. The Morgan fingerprint density at radius 3 is 2.20 bits per heavy atom. The summed E-state index contributed by atoms with van der Waals surface area (Å²) in [6.45, 7) is 3.04. The first-order chi connectivity index (χ1) is 19.7. The lowest BCUT2D eigenvalue weighted by Crippen LogP contribution is -2.40. The highest BCUT2D eigenvalue weighted by atomic mass is 32.2. The van der Waals surface area contributed by atoms with Gasteiger partial charge in [-0.25, -0.2) is 13.8 Å². The minimum atomic E-state index is -4.02. The third kappa shape index (κ3) is 8.02. The van der Waals surface area contributed by atoms with Crippen molar-refractivity contribution in [1.29, 1.82) is 0 Å². The summed E-state index contributed by atoms with van der Waals surface area (Å²) in [4.78, 5) is 25.0. The molecule has 10 heteroatoms. The molecule has 0 bridgehead atoms. The number of ether oxygens (including phenoxy) is 1. The van der Waals surface area contributed by atoms with Crippen molar-refractivity contribution in [1.82, 2.24) is 5.43 Å². The van der Waals surface area contributed by atoms with Gasteiger partial charge >= 0.3 is 0 Å². The number of aryl methyl sites for hydroxylation is 2. The molecule has 0 saturated carbocycles. The second-order valence-corrected chi connectivity index (χ2v) is 11.0. The number of benzene rings is 4. The third-order valence-corrected chi connectivity index (χ3v) is 7.74. The van der Waals surface area contributed by atoms with Crippen LogP contribution in [0.4, 0.5) is 11.4 Å². The van der Waals surface area contributed by atoms with Crippen molar-refractivity contribution in [2.24, 2.45) is 5.10 Å². The van der Waals surface area contributed by atoms with Crippen LogP contribution < -0.4 is 19.8 Å². The molecule has 4 aromatic carbocycles. The summed E-state index contributed by atoms with van der Waals surface area (Å²) < 4.78 is 33.6. The predicted octanol–water partition coefficient (Wildman–Crippen LogP) is 4.67. The number of nitrogens with zero attached hydrogens (tertiary/aromatic N) is 2. The van der Waals surface area contributed by atoms with Gasteiger partial charge in [-0.2, -0.15) is 5.10 Å². The molecule has 0 saturated heterocycles. The first kappa shape index (κ1) is 29.0. The molecule has 9 nitrogen and oxygen atoms in total. The van der Waals surface area contributed by atoms with Gasteiger partial charge in [-0.15, -0.1) is 0 Å². The van der Waals surface area contributed by atoms with Crippen LogP contribution in [-0.4, -0.2) is 39.6 Å². The number of sulfonamides is 1. The lowest BCUT2D eigenvalue weighted by Gasteiger charge is -2.25. The van der Waals surface area contributed by atoms with Gasteiger partial charge in [-0.1, -0.05) is 48.5 Å². The van der Waals surface area contributed by atoms with Crippen molar-refractivity contribution in [3.05, 3.63) is 120 Å². The molecule has 0 spiro atoms. The van der Waals surface area contributed by atoms with Gasteiger partial charge in [0.1, 0.15) is 12.3 Å². The van der Waals surface area contributed by atoms with Crippen LogP contribution in [0.5, 0.6) is 5.75 Å². The number of hydrogen-bond donors (Lipinski definition) is 2. The number of carbonyl (C=O) groups excluding carboxylic acids is 2. The first-order valence-corrected chi connectivity index (χ1v) is 14.2. The number of amides is 2. The number of para-hydroxylation sites is 1. The molecule has 0 aromatic heterocycles. The van der Waals surface area contributed by atoms with Gasteiger partial charge in [0.05, 0.1) is 16.8 Å². The number of hydrazone groups is 1. The van der Waals surface area contributed by atoms with Crippen LogP contribution in [0.2, 0.25) is 0 Å². The molecule has 4 rings (SSSR count). The van der Waals surface area contributed by atoms with Gasteiger partial charge in [-0.05, 0) is 85.1 Å². The van der Waals surface area contributed by atoms with E-state index in [4.69, 9.17) is 4.74 Å². The van der Waals surface area contributed by atoms with Crippen molar-refractivity contribution in [3.63, 3.8) is 0 Å². The number of rotatable bonds is 11. The maximum Gasteiger partial charge on any atom is 0.264 e. The number of carbonyl (C=O) groups is 2. The summed E-state index contributed by atoms with van der Waals surface area (Å²) in [6.07, 6.45) is 1.43. The summed E-state index contributed by atoms with van der Waals surface area (Å²) >= 11 is 0. The lowest BCUT2D eigenvalue weighted by atomic mass is 10.1. The van der Waals surface area contributed by atoms with E-state index in [1.54, 1.807) is 67.6 Å². The molecule has 2 amide bonds. The smallest absolute Gasteiger partial charge is 0.264 e. The molecule has 0 heterocycles. The monoisotopic (exact) mass is 570 g/mol.